The number of carbonyl (C=O) groups excluding carboxylic acids is 1. The van der Waals surface area contributed by atoms with Gasteiger partial charge in [0.15, 0.2) is 11.5 Å². The highest BCUT2D eigenvalue weighted by Crippen LogP contribution is 2.43. The number of rotatable bonds is 11. The van der Waals surface area contributed by atoms with E-state index in [9.17, 15) is 4.79 Å². The molecular formula is C46H40N8O. The molecule has 1 saturated heterocycles. The van der Waals surface area contributed by atoms with Crippen molar-refractivity contribution >= 4 is 22.9 Å². The Kier molecular flexibility index (Phi) is 9.03. The highest BCUT2D eigenvalue weighted by molar-refractivity contribution is 5.95. The van der Waals surface area contributed by atoms with Crippen LogP contribution in [-0.2, 0) is 23.3 Å². The van der Waals surface area contributed by atoms with E-state index in [2.05, 4.69) is 132 Å². The van der Waals surface area contributed by atoms with Crippen molar-refractivity contribution in [2.24, 2.45) is 0 Å². The van der Waals surface area contributed by atoms with Crippen molar-refractivity contribution < 1.29 is 4.79 Å². The van der Waals surface area contributed by atoms with Crippen molar-refractivity contribution in [1.82, 2.24) is 34.7 Å². The summed E-state index contributed by atoms with van der Waals surface area (Å²) in [6, 6.07) is 52.3. The minimum absolute atomic E-state index is 0.127. The van der Waals surface area contributed by atoms with Crippen molar-refractivity contribution in [3.63, 3.8) is 0 Å². The average Bonchev–Trinajstić information content (AvgIpc) is 3.99. The molecule has 1 fully saturated rings. The van der Waals surface area contributed by atoms with Gasteiger partial charge in [-0.3, -0.25) is 9.69 Å². The van der Waals surface area contributed by atoms with Gasteiger partial charge in [0.25, 0.3) is 0 Å². The molecule has 55 heavy (non-hydrogen) atoms. The lowest BCUT2D eigenvalue weighted by molar-refractivity contribution is -0.117. The smallest absolute Gasteiger partial charge is 0.228 e. The summed E-state index contributed by atoms with van der Waals surface area (Å²) in [5, 5.41) is 13.9. The molecule has 4 heterocycles. The molecule has 9 heteroatoms. The summed E-state index contributed by atoms with van der Waals surface area (Å²) in [6.07, 6.45) is 3.23. The Morgan fingerprint density at radius 3 is 1.89 bits per heavy atom. The van der Waals surface area contributed by atoms with Gasteiger partial charge in [-0.25, -0.2) is 14.6 Å². The van der Waals surface area contributed by atoms with E-state index in [-0.39, 0.29) is 5.91 Å². The number of anilines is 1. The minimum atomic E-state index is -0.862. The number of imidazole rings is 1. The lowest BCUT2D eigenvalue weighted by Gasteiger charge is -2.36. The van der Waals surface area contributed by atoms with Crippen molar-refractivity contribution in [3.05, 3.63) is 180 Å². The maximum atomic E-state index is 12.6. The fraction of sp³-hybridized carbons (Fsp3) is 0.174. The van der Waals surface area contributed by atoms with E-state index in [1.54, 1.807) is 4.90 Å². The van der Waals surface area contributed by atoms with E-state index in [4.69, 9.17) is 20.3 Å². The molecule has 3 aromatic heterocycles. The third-order valence-electron chi connectivity index (χ3n) is 10.6. The molecule has 1 amide bonds. The van der Waals surface area contributed by atoms with Crippen LogP contribution in [0.4, 0.5) is 5.82 Å². The Balaban J connectivity index is 1.12. The molecule has 0 N–H and O–H groups in total. The Morgan fingerprint density at radius 1 is 0.673 bits per heavy atom. The van der Waals surface area contributed by atoms with Crippen LogP contribution in [0.1, 0.15) is 54.3 Å². The van der Waals surface area contributed by atoms with Gasteiger partial charge in [-0.05, 0) is 68.8 Å². The van der Waals surface area contributed by atoms with Crippen LogP contribution in [0, 0.1) is 0 Å². The van der Waals surface area contributed by atoms with E-state index in [1.165, 1.54) is 0 Å². The molecule has 1 aliphatic rings. The van der Waals surface area contributed by atoms with E-state index in [0.717, 1.165) is 75.2 Å². The summed E-state index contributed by atoms with van der Waals surface area (Å²) >= 11 is 0. The van der Waals surface area contributed by atoms with Crippen LogP contribution < -0.4 is 4.90 Å². The summed E-state index contributed by atoms with van der Waals surface area (Å²) in [5.74, 6) is 2.48. The Labute approximate surface area is 319 Å². The minimum Gasteiger partial charge on any atom is -0.308 e. The van der Waals surface area contributed by atoms with Gasteiger partial charge >= 0.3 is 0 Å². The molecule has 0 saturated carbocycles. The predicted molar refractivity (Wildman–Crippen MR) is 216 cm³/mol. The second kappa shape index (κ2) is 14.6. The fourth-order valence-electron chi connectivity index (χ4n) is 8.05. The number of aromatic nitrogens is 7. The highest BCUT2D eigenvalue weighted by atomic mass is 16.2. The largest absolute Gasteiger partial charge is 0.308 e. The molecule has 0 radical (unpaired) electrons. The number of carbonyl (C=O) groups is 1. The number of aryl methyl sites for hydroxylation is 1. The van der Waals surface area contributed by atoms with Crippen LogP contribution >= 0.6 is 0 Å². The van der Waals surface area contributed by atoms with Gasteiger partial charge in [0, 0.05) is 24.9 Å². The molecule has 270 valence electrons. The Bertz CT molecular complexity index is 2480. The highest BCUT2D eigenvalue weighted by Gasteiger charge is 2.42. The Morgan fingerprint density at radius 2 is 1.29 bits per heavy atom. The standard InChI is InChI=1S/C46H40N8O/c1-2-15-41-47-40-29-30-42(52-31-14-24-43(52)55)48-45(40)53(41)32-33-25-27-34(28-26-33)38-22-12-13-23-39(38)44-49-50-51-54(44)46(35-16-6-3-7-17-35,36-18-8-4-9-19-36)37-20-10-5-11-21-37/h3-13,16-23,25-30H,2,14-15,24,31-32H2,1H3. The normalized spacial score (nSPS) is 13.2. The molecule has 5 aromatic carbocycles. The molecular weight excluding hydrogens is 681 g/mol. The summed E-state index contributed by atoms with van der Waals surface area (Å²) < 4.78 is 4.19. The predicted octanol–water partition coefficient (Wildman–Crippen LogP) is 8.72. The van der Waals surface area contributed by atoms with Crippen LogP contribution in [0.3, 0.4) is 0 Å². The maximum Gasteiger partial charge on any atom is 0.228 e. The molecule has 0 bridgehead atoms. The van der Waals surface area contributed by atoms with Crippen LogP contribution in [0.2, 0.25) is 0 Å². The number of pyridine rings is 1. The molecule has 0 spiro atoms. The number of fused-ring (bicyclic) bond motifs is 1. The maximum absolute atomic E-state index is 12.6. The number of hydrogen-bond acceptors (Lipinski definition) is 6. The van der Waals surface area contributed by atoms with E-state index >= 15 is 0 Å². The van der Waals surface area contributed by atoms with Crippen LogP contribution in [0.25, 0.3) is 33.7 Å². The quantitative estimate of drug-likeness (QED) is 0.124. The van der Waals surface area contributed by atoms with Crippen LogP contribution in [-0.4, -0.2) is 47.2 Å². The topological polar surface area (TPSA) is 94.6 Å². The summed E-state index contributed by atoms with van der Waals surface area (Å²) in [6.45, 7) is 3.48. The van der Waals surface area contributed by atoms with Crippen molar-refractivity contribution in [2.75, 3.05) is 11.4 Å². The molecule has 0 aliphatic carbocycles. The Hall–Kier alpha value is -6.74. The first-order chi connectivity index (χ1) is 27.1. The van der Waals surface area contributed by atoms with E-state index in [1.807, 2.05) is 41.1 Å². The van der Waals surface area contributed by atoms with E-state index < -0.39 is 5.54 Å². The number of hydrogen-bond donors (Lipinski definition) is 0. The number of tetrazole rings is 1. The first-order valence-electron chi connectivity index (χ1n) is 19.0. The molecule has 0 unspecified atom stereocenters. The fourth-order valence-corrected chi connectivity index (χ4v) is 8.05. The summed E-state index contributed by atoms with van der Waals surface area (Å²) in [5.41, 5.74) is 8.06. The number of benzene rings is 5. The zero-order chi connectivity index (χ0) is 37.2. The van der Waals surface area contributed by atoms with Gasteiger partial charge < -0.3 is 4.57 Å². The third kappa shape index (κ3) is 6.07. The molecule has 9 rings (SSSR count). The first kappa shape index (κ1) is 34.1. The van der Waals surface area contributed by atoms with Gasteiger partial charge in [0.2, 0.25) is 5.91 Å². The molecule has 8 aromatic rings. The molecule has 1 aliphatic heterocycles. The second-order valence-electron chi connectivity index (χ2n) is 14.0. The van der Waals surface area contributed by atoms with Gasteiger partial charge in [-0.15, -0.1) is 5.10 Å². The first-order valence-corrected chi connectivity index (χ1v) is 19.0. The van der Waals surface area contributed by atoms with Crippen LogP contribution in [0.5, 0.6) is 0 Å². The zero-order valence-corrected chi connectivity index (χ0v) is 30.7. The lowest BCUT2D eigenvalue weighted by atomic mass is 9.77. The van der Waals surface area contributed by atoms with Crippen LogP contribution in [0.15, 0.2) is 152 Å². The lowest BCUT2D eigenvalue weighted by Crippen LogP contribution is -2.39. The zero-order valence-electron chi connectivity index (χ0n) is 30.7. The summed E-state index contributed by atoms with van der Waals surface area (Å²) in [7, 11) is 0. The molecule has 0 atom stereocenters. The van der Waals surface area contributed by atoms with Gasteiger partial charge in [0.1, 0.15) is 22.7 Å². The molecule has 9 nitrogen and oxygen atoms in total. The van der Waals surface area contributed by atoms with Gasteiger partial charge in [-0.1, -0.05) is 146 Å². The number of nitrogens with zero attached hydrogens (tertiary/aromatic N) is 8. The average molecular weight is 721 g/mol. The SMILES string of the molecule is CCCc1nc2ccc(N3CCCC3=O)nc2n1Cc1ccc(-c2ccccc2-c2nnnn2C(c2ccccc2)(c2ccccc2)c2ccccc2)cc1. The monoisotopic (exact) mass is 720 g/mol. The van der Waals surface area contributed by atoms with Gasteiger partial charge in [-0.2, -0.15) is 0 Å². The van der Waals surface area contributed by atoms with Crippen molar-refractivity contribution in [2.45, 2.75) is 44.7 Å². The van der Waals surface area contributed by atoms with Gasteiger partial charge in [0.05, 0.1) is 6.54 Å². The number of amides is 1. The second-order valence-corrected chi connectivity index (χ2v) is 14.0. The van der Waals surface area contributed by atoms with E-state index in [0.29, 0.717) is 31.2 Å². The van der Waals surface area contributed by atoms with Crippen molar-refractivity contribution in [1.29, 1.82) is 0 Å². The van der Waals surface area contributed by atoms with Crippen molar-refractivity contribution in [3.8, 4) is 22.5 Å². The third-order valence-corrected chi connectivity index (χ3v) is 10.6. The summed E-state index contributed by atoms with van der Waals surface area (Å²) in [4.78, 5) is 24.3.